The monoisotopic (exact) mass is 388 g/mol. The summed E-state index contributed by atoms with van der Waals surface area (Å²) in [6, 6.07) is 21.5. The van der Waals surface area contributed by atoms with E-state index in [9.17, 15) is 9.59 Å². The lowest BCUT2D eigenvalue weighted by Crippen LogP contribution is -2.31. The van der Waals surface area contributed by atoms with Crippen LogP contribution in [0.3, 0.4) is 0 Å². The van der Waals surface area contributed by atoms with Crippen LogP contribution in [0.25, 0.3) is 0 Å². The largest absolute Gasteiger partial charge is 0.497 e. The Bertz CT molecular complexity index is 1020. The minimum Gasteiger partial charge on any atom is -0.497 e. The number of methoxy groups -OCH3 is 1. The number of ether oxygens (including phenoxy) is 2. The number of carbonyl (C=O) groups excluding carboxylic acids is 2. The van der Waals surface area contributed by atoms with Gasteiger partial charge in [-0.15, -0.1) is 0 Å². The molecule has 6 nitrogen and oxygen atoms in total. The lowest BCUT2D eigenvalue weighted by Gasteiger charge is -2.12. The Balaban J connectivity index is 1.40. The summed E-state index contributed by atoms with van der Waals surface area (Å²) in [7, 11) is 1.59. The van der Waals surface area contributed by atoms with Crippen LogP contribution in [-0.4, -0.2) is 25.0 Å². The average Bonchev–Trinajstić information content (AvgIpc) is 3.19. The number of hydrogen-bond acceptors (Lipinski definition) is 4. The normalized spacial score (nSPS) is 14.4. The van der Waals surface area contributed by atoms with Crippen molar-refractivity contribution in [3.05, 3.63) is 83.9 Å². The summed E-state index contributed by atoms with van der Waals surface area (Å²) in [6.07, 6.45) is -0.0520. The van der Waals surface area contributed by atoms with Crippen molar-refractivity contribution < 1.29 is 19.1 Å². The van der Waals surface area contributed by atoms with Crippen molar-refractivity contribution in [2.45, 2.75) is 12.5 Å². The Hall–Kier alpha value is -3.80. The summed E-state index contributed by atoms with van der Waals surface area (Å²) in [5.41, 5.74) is 2.65. The number of nitrogens with one attached hydrogen (secondary N) is 2. The summed E-state index contributed by atoms with van der Waals surface area (Å²) in [5, 5.41) is 5.66. The zero-order chi connectivity index (χ0) is 20.2. The fourth-order valence-electron chi connectivity index (χ4n) is 3.17. The van der Waals surface area contributed by atoms with E-state index < -0.39 is 6.10 Å². The molecule has 1 atom stereocenters. The molecule has 0 aromatic heterocycles. The summed E-state index contributed by atoms with van der Waals surface area (Å²) in [5.74, 6) is 0.939. The molecule has 0 radical (unpaired) electrons. The Morgan fingerprint density at radius 3 is 2.48 bits per heavy atom. The van der Waals surface area contributed by atoms with E-state index in [2.05, 4.69) is 10.6 Å². The average molecular weight is 388 g/mol. The van der Waals surface area contributed by atoms with Gasteiger partial charge >= 0.3 is 0 Å². The third kappa shape index (κ3) is 4.21. The summed E-state index contributed by atoms with van der Waals surface area (Å²) in [4.78, 5) is 25.1. The third-order valence-electron chi connectivity index (χ3n) is 4.68. The standard InChI is InChI=1S/C23H20N2O4/c1-28-19-11-9-17(10-12-19)24-22(26)16-6-4-7-18(13-16)25-23(27)21-14-15-5-2-3-8-20(15)29-21/h2-13,21H,14H2,1H3,(H,24,26)(H,25,27). The summed E-state index contributed by atoms with van der Waals surface area (Å²) in [6.45, 7) is 0. The first-order valence-corrected chi connectivity index (χ1v) is 9.23. The number of fused-ring (bicyclic) bond motifs is 1. The quantitative estimate of drug-likeness (QED) is 0.695. The lowest BCUT2D eigenvalue weighted by atomic mass is 10.1. The molecule has 0 fully saturated rings. The molecule has 1 unspecified atom stereocenters. The van der Waals surface area contributed by atoms with Crippen LogP contribution in [0.4, 0.5) is 11.4 Å². The summed E-state index contributed by atoms with van der Waals surface area (Å²) < 4.78 is 10.8. The van der Waals surface area contributed by atoms with Crippen molar-refractivity contribution in [1.29, 1.82) is 0 Å². The second-order valence-electron chi connectivity index (χ2n) is 6.67. The van der Waals surface area contributed by atoms with Crippen LogP contribution in [-0.2, 0) is 11.2 Å². The highest BCUT2D eigenvalue weighted by atomic mass is 16.5. The molecule has 3 aromatic rings. The number of rotatable bonds is 5. The molecule has 2 N–H and O–H groups in total. The molecule has 6 heteroatoms. The zero-order valence-electron chi connectivity index (χ0n) is 15.8. The first-order chi connectivity index (χ1) is 14.1. The van der Waals surface area contributed by atoms with Crippen molar-refractivity contribution in [2.24, 2.45) is 0 Å². The first-order valence-electron chi connectivity index (χ1n) is 9.23. The van der Waals surface area contributed by atoms with E-state index in [4.69, 9.17) is 9.47 Å². The smallest absolute Gasteiger partial charge is 0.265 e. The van der Waals surface area contributed by atoms with Crippen LogP contribution in [0.2, 0.25) is 0 Å². The zero-order valence-corrected chi connectivity index (χ0v) is 15.8. The molecule has 1 aliphatic heterocycles. The molecule has 1 aliphatic rings. The van der Waals surface area contributed by atoms with Gasteiger partial charge in [-0.2, -0.15) is 0 Å². The van der Waals surface area contributed by atoms with Gasteiger partial charge in [-0.3, -0.25) is 9.59 Å². The lowest BCUT2D eigenvalue weighted by molar-refractivity contribution is -0.122. The topological polar surface area (TPSA) is 76.7 Å². The SMILES string of the molecule is COc1ccc(NC(=O)c2cccc(NC(=O)C3Cc4ccccc4O3)c2)cc1. The molecule has 3 aromatic carbocycles. The fraction of sp³-hybridized carbons (Fsp3) is 0.130. The maximum Gasteiger partial charge on any atom is 0.265 e. The van der Waals surface area contributed by atoms with Gasteiger partial charge in [0.05, 0.1) is 7.11 Å². The van der Waals surface area contributed by atoms with Gasteiger partial charge in [-0.1, -0.05) is 24.3 Å². The van der Waals surface area contributed by atoms with Crippen LogP contribution in [0.15, 0.2) is 72.8 Å². The molecule has 1 heterocycles. The predicted molar refractivity (Wildman–Crippen MR) is 111 cm³/mol. The summed E-state index contributed by atoms with van der Waals surface area (Å²) >= 11 is 0. The second-order valence-corrected chi connectivity index (χ2v) is 6.67. The molecule has 0 saturated heterocycles. The van der Waals surface area contributed by atoms with Gasteiger partial charge < -0.3 is 20.1 Å². The number of anilines is 2. The third-order valence-corrected chi connectivity index (χ3v) is 4.68. The predicted octanol–water partition coefficient (Wildman–Crippen LogP) is 3.89. The molecular weight excluding hydrogens is 368 g/mol. The Morgan fingerprint density at radius 2 is 1.72 bits per heavy atom. The number of carbonyl (C=O) groups is 2. The fourth-order valence-corrected chi connectivity index (χ4v) is 3.17. The molecule has 0 spiro atoms. The van der Waals surface area contributed by atoms with Crippen molar-refractivity contribution in [3.63, 3.8) is 0 Å². The first kappa shape index (κ1) is 18.6. The Morgan fingerprint density at radius 1 is 0.931 bits per heavy atom. The molecule has 0 bridgehead atoms. The number of amides is 2. The van der Waals surface area contributed by atoms with Gasteiger partial charge in [0.15, 0.2) is 6.10 Å². The minimum absolute atomic E-state index is 0.242. The number of benzene rings is 3. The highest BCUT2D eigenvalue weighted by Crippen LogP contribution is 2.28. The highest BCUT2D eigenvalue weighted by molar-refractivity contribution is 6.05. The van der Waals surface area contributed by atoms with E-state index >= 15 is 0 Å². The maximum atomic E-state index is 12.6. The van der Waals surface area contributed by atoms with E-state index in [1.54, 1.807) is 55.6 Å². The van der Waals surface area contributed by atoms with E-state index in [0.29, 0.717) is 29.1 Å². The van der Waals surface area contributed by atoms with Crippen molar-refractivity contribution in [2.75, 3.05) is 17.7 Å². The molecular formula is C23H20N2O4. The van der Waals surface area contributed by atoms with Crippen LogP contribution in [0.5, 0.6) is 11.5 Å². The highest BCUT2D eigenvalue weighted by Gasteiger charge is 2.28. The molecule has 2 amide bonds. The van der Waals surface area contributed by atoms with Crippen LogP contribution < -0.4 is 20.1 Å². The van der Waals surface area contributed by atoms with E-state index in [1.807, 2.05) is 24.3 Å². The van der Waals surface area contributed by atoms with Gasteiger partial charge in [0.1, 0.15) is 11.5 Å². The van der Waals surface area contributed by atoms with Crippen molar-refractivity contribution >= 4 is 23.2 Å². The molecule has 4 rings (SSSR count). The Kier molecular flexibility index (Phi) is 5.16. The van der Waals surface area contributed by atoms with Crippen LogP contribution in [0.1, 0.15) is 15.9 Å². The van der Waals surface area contributed by atoms with Gasteiger partial charge in [-0.25, -0.2) is 0 Å². The van der Waals surface area contributed by atoms with Gasteiger partial charge in [0, 0.05) is 23.4 Å². The van der Waals surface area contributed by atoms with Crippen molar-refractivity contribution in [3.8, 4) is 11.5 Å². The maximum absolute atomic E-state index is 12.6. The second kappa shape index (κ2) is 8.06. The van der Waals surface area contributed by atoms with Crippen LogP contribution >= 0.6 is 0 Å². The molecule has 0 aliphatic carbocycles. The van der Waals surface area contributed by atoms with E-state index in [0.717, 1.165) is 11.3 Å². The number of para-hydroxylation sites is 1. The molecule has 0 saturated carbocycles. The van der Waals surface area contributed by atoms with Crippen LogP contribution in [0, 0.1) is 0 Å². The number of hydrogen-bond donors (Lipinski definition) is 2. The van der Waals surface area contributed by atoms with Crippen molar-refractivity contribution in [1.82, 2.24) is 0 Å². The molecule has 29 heavy (non-hydrogen) atoms. The van der Waals surface area contributed by atoms with Gasteiger partial charge in [-0.05, 0) is 54.1 Å². The minimum atomic E-state index is -0.579. The van der Waals surface area contributed by atoms with E-state index in [-0.39, 0.29) is 11.8 Å². The molecule has 146 valence electrons. The van der Waals surface area contributed by atoms with E-state index in [1.165, 1.54) is 0 Å². The van der Waals surface area contributed by atoms with Gasteiger partial charge in [0.2, 0.25) is 0 Å². The van der Waals surface area contributed by atoms with Gasteiger partial charge in [0.25, 0.3) is 11.8 Å². The Labute approximate surface area is 168 Å².